The quantitative estimate of drug-likeness (QED) is 0.420. The highest BCUT2D eigenvalue weighted by Gasteiger charge is 2.27. The highest BCUT2D eigenvalue weighted by atomic mass is 35.5. The molecule has 1 aliphatic heterocycles. The molecule has 0 bridgehead atoms. The third kappa shape index (κ3) is 6.00. The molecule has 0 aliphatic carbocycles. The van der Waals surface area contributed by atoms with Crippen LogP contribution in [0.4, 0.5) is 17.5 Å². The van der Waals surface area contributed by atoms with E-state index in [1.165, 1.54) is 20.5 Å². The second kappa shape index (κ2) is 10.9. The lowest BCUT2D eigenvalue weighted by molar-refractivity contribution is 0.227. The van der Waals surface area contributed by atoms with Gasteiger partial charge in [0, 0.05) is 44.6 Å². The summed E-state index contributed by atoms with van der Waals surface area (Å²) in [5, 5.41) is 3.92. The fourth-order valence-electron chi connectivity index (χ4n) is 4.09. The fraction of sp³-hybridized carbons (Fsp3) is 0.455. The summed E-state index contributed by atoms with van der Waals surface area (Å²) >= 11 is 6.11. The second-order valence-corrected chi connectivity index (χ2v) is 11.0. The number of nitrogens with zero attached hydrogens (tertiary/aromatic N) is 6. The molecule has 182 valence electrons. The summed E-state index contributed by atoms with van der Waals surface area (Å²) in [6.07, 6.45) is 5.46. The molecule has 3 aromatic rings. The molecule has 1 aliphatic rings. The second-order valence-electron chi connectivity index (χ2n) is 8.35. The first-order valence-corrected chi connectivity index (χ1v) is 13.1. The van der Waals surface area contributed by atoms with Crippen LogP contribution in [0.1, 0.15) is 12.8 Å². The van der Waals surface area contributed by atoms with Gasteiger partial charge in [-0.3, -0.25) is 9.46 Å². The molecule has 0 radical (unpaired) electrons. The van der Waals surface area contributed by atoms with Crippen LogP contribution >= 0.6 is 19.2 Å². The summed E-state index contributed by atoms with van der Waals surface area (Å²) in [4.78, 5) is 22.2. The van der Waals surface area contributed by atoms with Crippen LogP contribution < -0.4 is 10.2 Å². The zero-order valence-corrected chi connectivity index (χ0v) is 21.2. The van der Waals surface area contributed by atoms with Gasteiger partial charge in [0.15, 0.2) is 5.82 Å². The standard InChI is InChI=1S/C22H29ClN7O3P/c1-29(15-34(31,32-2)33-3)13-16-7-9-30(10-8-16)22-24-12-19-20(28-22)21(26-14-25-19)27-18-6-4-5-17(23)11-18/h4-6,11-12,14,16H,7-10,13,15H2,1-3H3,(H,25,26,27). The number of anilines is 3. The Balaban J connectivity index is 1.42. The first kappa shape index (κ1) is 24.8. The number of hydrogen-bond donors (Lipinski definition) is 1. The number of piperidine rings is 1. The molecule has 3 heterocycles. The van der Waals surface area contributed by atoms with Crippen LogP contribution in [0.3, 0.4) is 0 Å². The van der Waals surface area contributed by atoms with Crippen molar-refractivity contribution >= 4 is 47.7 Å². The summed E-state index contributed by atoms with van der Waals surface area (Å²) in [5.41, 5.74) is 2.15. The van der Waals surface area contributed by atoms with Crippen LogP contribution in [0.15, 0.2) is 36.8 Å². The van der Waals surface area contributed by atoms with Crippen LogP contribution in [0.5, 0.6) is 0 Å². The summed E-state index contributed by atoms with van der Waals surface area (Å²) in [7, 11) is 1.73. The highest BCUT2D eigenvalue weighted by Crippen LogP contribution is 2.46. The van der Waals surface area contributed by atoms with Crippen molar-refractivity contribution in [3.05, 3.63) is 41.8 Å². The summed E-state index contributed by atoms with van der Waals surface area (Å²) in [5.74, 6) is 1.74. The molecular formula is C22H29ClN7O3P. The van der Waals surface area contributed by atoms with Gasteiger partial charge in [-0.1, -0.05) is 17.7 Å². The van der Waals surface area contributed by atoms with E-state index in [2.05, 4.69) is 25.2 Å². The SMILES string of the molecule is COP(=O)(CN(C)CC1CCN(c2ncc3ncnc(Nc4cccc(Cl)c4)c3n2)CC1)OC. The number of hydrogen-bond acceptors (Lipinski definition) is 10. The first-order chi connectivity index (χ1) is 16.4. The van der Waals surface area contributed by atoms with Crippen molar-refractivity contribution in [2.75, 3.05) is 57.4 Å². The van der Waals surface area contributed by atoms with Crippen molar-refractivity contribution < 1.29 is 13.6 Å². The van der Waals surface area contributed by atoms with E-state index < -0.39 is 7.60 Å². The zero-order chi connectivity index (χ0) is 24.1. The van der Waals surface area contributed by atoms with Gasteiger partial charge >= 0.3 is 7.60 Å². The molecule has 1 aromatic carbocycles. The van der Waals surface area contributed by atoms with Gasteiger partial charge in [-0.05, 0) is 44.0 Å². The third-order valence-electron chi connectivity index (χ3n) is 5.89. The molecule has 0 atom stereocenters. The maximum atomic E-state index is 12.4. The van der Waals surface area contributed by atoms with E-state index in [0.29, 0.717) is 33.7 Å². The molecule has 0 spiro atoms. The van der Waals surface area contributed by atoms with Gasteiger partial charge in [0.1, 0.15) is 23.6 Å². The van der Waals surface area contributed by atoms with Gasteiger partial charge in [0.25, 0.3) is 0 Å². The van der Waals surface area contributed by atoms with E-state index in [4.69, 9.17) is 25.6 Å². The summed E-state index contributed by atoms with van der Waals surface area (Å²) in [6, 6.07) is 7.44. The van der Waals surface area contributed by atoms with E-state index in [-0.39, 0.29) is 6.29 Å². The minimum absolute atomic E-state index is 0.274. The summed E-state index contributed by atoms with van der Waals surface area (Å²) in [6.45, 7) is 2.49. The molecule has 0 unspecified atom stereocenters. The fourth-order valence-corrected chi connectivity index (χ4v) is 5.37. The van der Waals surface area contributed by atoms with E-state index in [9.17, 15) is 4.57 Å². The monoisotopic (exact) mass is 505 g/mol. The number of halogens is 1. The van der Waals surface area contributed by atoms with Crippen LogP contribution in [-0.4, -0.2) is 72.0 Å². The van der Waals surface area contributed by atoms with Crippen molar-refractivity contribution in [3.8, 4) is 0 Å². The smallest absolute Gasteiger partial charge is 0.341 e. The molecule has 0 amide bonds. The topological polar surface area (TPSA) is 106 Å². The first-order valence-electron chi connectivity index (χ1n) is 11.0. The van der Waals surface area contributed by atoms with Gasteiger partial charge in [0.2, 0.25) is 5.95 Å². The number of rotatable bonds is 9. The third-order valence-corrected chi connectivity index (χ3v) is 8.07. The predicted octanol–water partition coefficient (Wildman–Crippen LogP) is 4.41. The van der Waals surface area contributed by atoms with Crippen LogP contribution in [-0.2, 0) is 13.6 Å². The van der Waals surface area contributed by atoms with Gasteiger partial charge < -0.3 is 19.3 Å². The maximum Gasteiger partial charge on any atom is 0.344 e. The van der Waals surface area contributed by atoms with Crippen molar-refractivity contribution in [2.24, 2.45) is 5.92 Å². The number of fused-ring (bicyclic) bond motifs is 1. The van der Waals surface area contributed by atoms with Gasteiger partial charge in [-0.25, -0.2) is 19.9 Å². The van der Waals surface area contributed by atoms with Crippen LogP contribution in [0, 0.1) is 5.92 Å². The van der Waals surface area contributed by atoms with E-state index in [1.807, 2.05) is 36.2 Å². The minimum Gasteiger partial charge on any atom is -0.341 e. The van der Waals surface area contributed by atoms with Gasteiger partial charge in [0.05, 0.1) is 6.20 Å². The van der Waals surface area contributed by atoms with Crippen molar-refractivity contribution in [1.29, 1.82) is 0 Å². The average Bonchev–Trinajstić information content (AvgIpc) is 2.84. The lowest BCUT2D eigenvalue weighted by atomic mass is 9.97. The lowest BCUT2D eigenvalue weighted by Gasteiger charge is -2.34. The Labute approximate surface area is 204 Å². The Hall–Kier alpha value is -2.36. The average molecular weight is 506 g/mol. The number of benzene rings is 1. The van der Waals surface area contributed by atoms with E-state index in [1.54, 1.807) is 6.20 Å². The molecule has 1 saturated heterocycles. The highest BCUT2D eigenvalue weighted by molar-refractivity contribution is 7.53. The number of aromatic nitrogens is 4. The largest absolute Gasteiger partial charge is 0.344 e. The van der Waals surface area contributed by atoms with Crippen LogP contribution in [0.25, 0.3) is 11.0 Å². The van der Waals surface area contributed by atoms with Crippen molar-refractivity contribution in [2.45, 2.75) is 12.8 Å². The van der Waals surface area contributed by atoms with E-state index in [0.717, 1.165) is 38.2 Å². The molecule has 2 aromatic heterocycles. The normalized spacial score (nSPS) is 15.3. The molecule has 1 N–H and O–H groups in total. The van der Waals surface area contributed by atoms with Crippen molar-refractivity contribution in [1.82, 2.24) is 24.8 Å². The molecule has 10 nitrogen and oxygen atoms in total. The molecule has 0 saturated carbocycles. The molecule has 1 fully saturated rings. The zero-order valence-electron chi connectivity index (χ0n) is 19.5. The Bertz CT molecular complexity index is 1170. The Morgan fingerprint density at radius 2 is 1.97 bits per heavy atom. The molecular weight excluding hydrogens is 477 g/mol. The summed E-state index contributed by atoms with van der Waals surface area (Å²) < 4.78 is 22.5. The maximum absolute atomic E-state index is 12.4. The Kier molecular flexibility index (Phi) is 7.95. The molecule has 12 heteroatoms. The molecule has 4 rings (SSSR count). The minimum atomic E-state index is -3.05. The van der Waals surface area contributed by atoms with Crippen molar-refractivity contribution in [3.63, 3.8) is 0 Å². The Morgan fingerprint density at radius 1 is 1.21 bits per heavy atom. The Morgan fingerprint density at radius 3 is 2.68 bits per heavy atom. The lowest BCUT2D eigenvalue weighted by Crippen LogP contribution is -2.38. The van der Waals surface area contributed by atoms with Gasteiger partial charge in [-0.2, -0.15) is 0 Å². The van der Waals surface area contributed by atoms with E-state index >= 15 is 0 Å². The predicted molar refractivity (Wildman–Crippen MR) is 134 cm³/mol. The number of nitrogens with one attached hydrogen (secondary N) is 1. The van der Waals surface area contributed by atoms with Gasteiger partial charge in [-0.15, -0.1) is 0 Å². The van der Waals surface area contributed by atoms with Crippen LogP contribution in [0.2, 0.25) is 5.02 Å². The molecule has 34 heavy (non-hydrogen) atoms.